The van der Waals surface area contributed by atoms with Crippen molar-refractivity contribution in [3.05, 3.63) is 21.9 Å². The molecule has 0 aliphatic rings. The minimum atomic E-state index is -1.67. The van der Waals surface area contributed by atoms with E-state index in [4.69, 9.17) is 9.16 Å². The van der Waals surface area contributed by atoms with E-state index in [9.17, 15) is 4.79 Å². The second kappa shape index (κ2) is 6.20. The van der Waals surface area contributed by atoms with Crippen LogP contribution in [-0.4, -0.2) is 28.0 Å². The van der Waals surface area contributed by atoms with Gasteiger partial charge in [-0.1, -0.05) is 20.8 Å². The van der Waals surface area contributed by atoms with E-state index in [0.717, 1.165) is 12.0 Å². The molecule has 0 aliphatic carbocycles. The quantitative estimate of drug-likeness (QED) is 0.606. The monoisotopic (exact) mass is 300 g/mol. The standard InChI is InChI=1S/C14H24O3SSi/c1-14(2,3)19(5,6)17-8-7-11-9-12(18-10-11)13(15)16-4/h9-10H,7-8H2,1-6H3. The van der Waals surface area contributed by atoms with Crippen LogP contribution in [0, 0.1) is 0 Å². The van der Waals surface area contributed by atoms with Crippen molar-refractivity contribution in [1.29, 1.82) is 0 Å². The van der Waals surface area contributed by atoms with Crippen molar-refractivity contribution >= 4 is 25.6 Å². The molecule has 0 amide bonds. The molecule has 0 spiro atoms. The molecule has 0 bridgehead atoms. The largest absolute Gasteiger partial charge is 0.465 e. The molecule has 0 aliphatic heterocycles. The van der Waals surface area contributed by atoms with E-state index < -0.39 is 8.32 Å². The van der Waals surface area contributed by atoms with Gasteiger partial charge in [0.25, 0.3) is 0 Å². The van der Waals surface area contributed by atoms with Crippen LogP contribution in [0.1, 0.15) is 36.0 Å². The molecule has 19 heavy (non-hydrogen) atoms. The second-order valence-electron chi connectivity index (χ2n) is 6.17. The van der Waals surface area contributed by atoms with Crippen molar-refractivity contribution in [1.82, 2.24) is 0 Å². The van der Waals surface area contributed by atoms with Gasteiger partial charge in [0.15, 0.2) is 8.32 Å². The van der Waals surface area contributed by atoms with E-state index in [1.807, 2.05) is 11.4 Å². The molecule has 0 radical (unpaired) electrons. The Hall–Kier alpha value is -0.653. The fourth-order valence-electron chi connectivity index (χ4n) is 1.35. The Kier molecular flexibility index (Phi) is 5.35. The Morgan fingerprint density at radius 3 is 2.53 bits per heavy atom. The number of ether oxygens (including phenoxy) is 1. The molecule has 3 nitrogen and oxygen atoms in total. The molecule has 5 heteroatoms. The Balaban J connectivity index is 2.50. The summed E-state index contributed by atoms with van der Waals surface area (Å²) in [6.45, 7) is 11.9. The maximum atomic E-state index is 11.4. The molecule has 1 rings (SSSR count). The molecular formula is C14H24O3SSi. The summed E-state index contributed by atoms with van der Waals surface area (Å²) in [4.78, 5) is 12.0. The maximum Gasteiger partial charge on any atom is 0.348 e. The predicted molar refractivity (Wildman–Crippen MR) is 82.5 cm³/mol. The number of esters is 1. The van der Waals surface area contributed by atoms with Crippen LogP contribution in [-0.2, 0) is 15.6 Å². The summed E-state index contributed by atoms with van der Waals surface area (Å²) in [7, 11) is -0.264. The number of rotatable bonds is 5. The Bertz CT molecular complexity index is 432. The molecule has 0 aromatic carbocycles. The van der Waals surface area contributed by atoms with Crippen molar-refractivity contribution in [2.45, 2.75) is 45.3 Å². The summed E-state index contributed by atoms with van der Waals surface area (Å²) in [6.07, 6.45) is 0.847. The van der Waals surface area contributed by atoms with E-state index >= 15 is 0 Å². The predicted octanol–water partition coefficient (Wildman–Crippen LogP) is 4.10. The first-order valence-corrected chi connectivity index (χ1v) is 10.3. The van der Waals surface area contributed by atoms with Crippen LogP contribution >= 0.6 is 11.3 Å². The molecule has 0 saturated heterocycles. The van der Waals surface area contributed by atoms with E-state index in [-0.39, 0.29) is 11.0 Å². The van der Waals surface area contributed by atoms with Crippen molar-refractivity contribution in [3.8, 4) is 0 Å². The van der Waals surface area contributed by atoms with Crippen molar-refractivity contribution in [2.24, 2.45) is 0 Å². The van der Waals surface area contributed by atoms with Gasteiger partial charge in [-0.25, -0.2) is 4.79 Å². The van der Waals surface area contributed by atoms with Crippen LogP contribution in [0.15, 0.2) is 11.4 Å². The van der Waals surface area contributed by atoms with Gasteiger partial charge < -0.3 is 9.16 Å². The lowest BCUT2D eigenvalue weighted by Crippen LogP contribution is -2.41. The highest BCUT2D eigenvalue weighted by Crippen LogP contribution is 2.36. The maximum absolute atomic E-state index is 11.4. The third-order valence-electron chi connectivity index (χ3n) is 3.70. The van der Waals surface area contributed by atoms with E-state index in [1.165, 1.54) is 18.4 Å². The molecule has 0 saturated carbocycles. The SMILES string of the molecule is COC(=O)c1cc(CCO[Si](C)(C)C(C)(C)C)cs1. The van der Waals surface area contributed by atoms with Gasteiger partial charge in [-0.05, 0) is 41.6 Å². The summed E-state index contributed by atoms with van der Waals surface area (Å²) in [5.41, 5.74) is 1.14. The van der Waals surface area contributed by atoms with Gasteiger partial charge in [-0.2, -0.15) is 0 Å². The molecule has 0 unspecified atom stereocenters. The van der Waals surface area contributed by atoms with Gasteiger partial charge >= 0.3 is 5.97 Å². The topological polar surface area (TPSA) is 35.5 Å². The van der Waals surface area contributed by atoms with Crippen molar-refractivity contribution in [3.63, 3.8) is 0 Å². The molecule has 0 atom stereocenters. The van der Waals surface area contributed by atoms with E-state index in [2.05, 4.69) is 33.9 Å². The zero-order chi connectivity index (χ0) is 14.7. The Labute approximate surface area is 121 Å². The third kappa shape index (κ3) is 4.44. The lowest BCUT2D eigenvalue weighted by molar-refractivity contribution is 0.0606. The Morgan fingerprint density at radius 1 is 1.37 bits per heavy atom. The van der Waals surface area contributed by atoms with Crippen LogP contribution in [0.2, 0.25) is 18.1 Å². The summed E-state index contributed by atoms with van der Waals surface area (Å²) in [5.74, 6) is -0.262. The smallest absolute Gasteiger partial charge is 0.348 e. The van der Waals surface area contributed by atoms with Crippen LogP contribution in [0.4, 0.5) is 0 Å². The molecule has 1 aromatic heterocycles. The number of carbonyl (C=O) groups is 1. The fourth-order valence-corrected chi connectivity index (χ4v) is 3.26. The van der Waals surface area contributed by atoms with Gasteiger partial charge in [0.05, 0.1) is 7.11 Å². The number of thiophene rings is 1. The summed E-state index contributed by atoms with van der Waals surface area (Å²) in [6, 6.07) is 1.89. The van der Waals surface area contributed by atoms with Crippen molar-refractivity contribution < 1.29 is 14.0 Å². The summed E-state index contributed by atoms with van der Waals surface area (Å²) < 4.78 is 10.8. The van der Waals surface area contributed by atoms with Crippen LogP contribution in [0.5, 0.6) is 0 Å². The number of hydrogen-bond acceptors (Lipinski definition) is 4. The average molecular weight is 300 g/mol. The van der Waals surface area contributed by atoms with Gasteiger partial charge in [0.1, 0.15) is 4.88 Å². The minimum Gasteiger partial charge on any atom is -0.465 e. The Morgan fingerprint density at radius 2 is 2.00 bits per heavy atom. The molecule has 0 N–H and O–H groups in total. The van der Waals surface area contributed by atoms with Crippen LogP contribution in [0.3, 0.4) is 0 Å². The molecular weight excluding hydrogens is 276 g/mol. The lowest BCUT2D eigenvalue weighted by atomic mass is 10.2. The van der Waals surface area contributed by atoms with Crippen LogP contribution < -0.4 is 0 Å². The first-order chi connectivity index (χ1) is 8.67. The van der Waals surface area contributed by atoms with Gasteiger partial charge in [-0.15, -0.1) is 11.3 Å². The fraction of sp³-hybridized carbons (Fsp3) is 0.643. The zero-order valence-corrected chi connectivity index (χ0v) is 14.5. The molecule has 1 heterocycles. The van der Waals surface area contributed by atoms with E-state index in [0.29, 0.717) is 11.5 Å². The molecule has 0 fully saturated rings. The summed E-state index contributed by atoms with van der Waals surface area (Å²) >= 11 is 1.43. The molecule has 108 valence electrons. The van der Waals surface area contributed by atoms with Gasteiger partial charge in [-0.3, -0.25) is 0 Å². The third-order valence-corrected chi connectivity index (χ3v) is 9.20. The van der Waals surface area contributed by atoms with Gasteiger partial charge in [0, 0.05) is 6.61 Å². The lowest BCUT2D eigenvalue weighted by Gasteiger charge is -2.36. The van der Waals surface area contributed by atoms with Gasteiger partial charge in [0.2, 0.25) is 0 Å². The van der Waals surface area contributed by atoms with E-state index in [1.54, 1.807) is 0 Å². The first kappa shape index (κ1) is 16.4. The van der Waals surface area contributed by atoms with Crippen molar-refractivity contribution in [2.75, 3.05) is 13.7 Å². The number of hydrogen-bond donors (Lipinski definition) is 0. The first-order valence-electron chi connectivity index (χ1n) is 6.47. The highest BCUT2D eigenvalue weighted by molar-refractivity contribution is 7.12. The number of methoxy groups -OCH3 is 1. The minimum absolute atomic E-state index is 0.235. The average Bonchev–Trinajstić information content (AvgIpc) is 2.75. The highest BCUT2D eigenvalue weighted by atomic mass is 32.1. The molecule has 1 aromatic rings. The van der Waals surface area contributed by atoms with Crippen LogP contribution in [0.25, 0.3) is 0 Å². The zero-order valence-electron chi connectivity index (χ0n) is 12.7. The number of carbonyl (C=O) groups excluding carboxylic acids is 1. The second-order valence-corrected chi connectivity index (χ2v) is 11.9. The normalized spacial score (nSPS) is 12.5. The highest BCUT2D eigenvalue weighted by Gasteiger charge is 2.36. The summed E-state index contributed by atoms with van der Waals surface area (Å²) in [5, 5.41) is 2.24.